The van der Waals surface area contributed by atoms with Gasteiger partial charge in [-0.05, 0) is 56.6 Å². The van der Waals surface area contributed by atoms with Crippen molar-refractivity contribution in [1.82, 2.24) is 5.32 Å². The zero-order chi connectivity index (χ0) is 11.0. The van der Waals surface area contributed by atoms with Crippen molar-refractivity contribution in [3.05, 3.63) is 35.4 Å². The molecule has 1 aromatic carbocycles. The Kier molecular flexibility index (Phi) is 2.72. The molecule has 2 aliphatic rings. The highest BCUT2D eigenvalue weighted by atomic mass is 14.9. The minimum Gasteiger partial charge on any atom is -0.314 e. The van der Waals surface area contributed by atoms with E-state index in [9.17, 15) is 0 Å². The van der Waals surface area contributed by atoms with Gasteiger partial charge in [0.15, 0.2) is 0 Å². The van der Waals surface area contributed by atoms with E-state index in [2.05, 4.69) is 36.5 Å². The molecule has 1 nitrogen and oxygen atoms in total. The molecule has 2 atom stereocenters. The molecule has 0 radical (unpaired) electrons. The van der Waals surface area contributed by atoms with Crippen LogP contribution in [0.3, 0.4) is 0 Å². The molecule has 1 aromatic rings. The molecule has 2 fully saturated rings. The highest BCUT2D eigenvalue weighted by Crippen LogP contribution is 2.42. The van der Waals surface area contributed by atoms with Crippen LogP contribution in [0, 0.1) is 12.8 Å². The van der Waals surface area contributed by atoms with Gasteiger partial charge in [-0.1, -0.05) is 29.8 Å². The van der Waals surface area contributed by atoms with Crippen LogP contribution >= 0.6 is 0 Å². The molecule has 0 amide bonds. The summed E-state index contributed by atoms with van der Waals surface area (Å²) in [4.78, 5) is 0. The molecule has 16 heavy (non-hydrogen) atoms. The van der Waals surface area contributed by atoms with E-state index in [0.717, 1.165) is 17.9 Å². The number of hydrogen-bond acceptors (Lipinski definition) is 1. The van der Waals surface area contributed by atoms with Crippen LogP contribution in [0.4, 0.5) is 0 Å². The molecule has 3 rings (SSSR count). The third-order valence-electron chi connectivity index (χ3n) is 4.17. The maximum absolute atomic E-state index is 3.67. The Hall–Kier alpha value is -0.820. The quantitative estimate of drug-likeness (QED) is 0.813. The molecule has 2 aliphatic carbocycles. The normalized spacial score (nSPS) is 28.8. The van der Waals surface area contributed by atoms with Gasteiger partial charge in [0.1, 0.15) is 0 Å². The highest BCUT2D eigenvalue weighted by molar-refractivity contribution is 5.26. The lowest BCUT2D eigenvalue weighted by molar-refractivity contribution is 0.245. The predicted molar refractivity (Wildman–Crippen MR) is 67.7 cm³/mol. The van der Waals surface area contributed by atoms with Crippen LogP contribution in [0.5, 0.6) is 0 Å². The molecule has 0 saturated heterocycles. The van der Waals surface area contributed by atoms with Crippen LogP contribution in [-0.4, -0.2) is 12.6 Å². The molecule has 1 N–H and O–H groups in total. The van der Waals surface area contributed by atoms with Crippen LogP contribution in [-0.2, 0) is 0 Å². The van der Waals surface area contributed by atoms with Crippen molar-refractivity contribution in [3.8, 4) is 0 Å². The first kappa shape index (κ1) is 10.3. The third-order valence-corrected chi connectivity index (χ3v) is 4.17. The van der Waals surface area contributed by atoms with E-state index in [0.29, 0.717) is 0 Å². The van der Waals surface area contributed by atoms with E-state index in [4.69, 9.17) is 0 Å². The van der Waals surface area contributed by atoms with Gasteiger partial charge >= 0.3 is 0 Å². The molecule has 0 spiro atoms. The van der Waals surface area contributed by atoms with Crippen molar-refractivity contribution in [2.24, 2.45) is 5.92 Å². The van der Waals surface area contributed by atoms with E-state index in [-0.39, 0.29) is 0 Å². The molecule has 2 saturated carbocycles. The Bertz CT molecular complexity index is 350. The van der Waals surface area contributed by atoms with Crippen molar-refractivity contribution in [2.45, 2.75) is 44.6 Å². The monoisotopic (exact) mass is 215 g/mol. The molecule has 0 heterocycles. The summed E-state index contributed by atoms with van der Waals surface area (Å²) < 4.78 is 0. The van der Waals surface area contributed by atoms with Gasteiger partial charge in [-0.15, -0.1) is 0 Å². The molecule has 0 bridgehead atoms. The van der Waals surface area contributed by atoms with Gasteiger partial charge in [0.25, 0.3) is 0 Å². The van der Waals surface area contributed by atoms with Gasteiger partial charge in [-0.3, -0.25) is 0 Å². The Labute approximate surface area is 98.3 Å². The van der Waals surface area contributed by atoms with Crippen LogP contribution in [0.2, 0.25) is 0 Å². The zero-order valence-electron chi connectivity index (χ0n) is 10.1. The average molecular weight is 215 g/mol. The topological polar surface area (TPSA) is 12.0 Å². The first-order chi connectivity index (χ1) is 7.83. The minimum absolute atomic E-state index is 0.826. The highest BCUT2D eigenvalue weighted by Gasteiger charge is 2.33. The van der Waals surface area contributed by atoms with Gasteiger partial charge in [-0.2, -0.15) is 0 Å². The van der Waals surface area contributed by atoms with Crippen molar-refractivity contribution in [3.63, 3.8) is 0 Å². The number of rotatable bonds is 4. The Morgan fingerprint density at radius 1 is 1.06 bits per heavy atom. The lowest BCUT2D eigenvalue weighted by Crippen LogP contribution is -2.34. The summed E-state index contributed by atoms with van der Waals surface area (Å²) in [6.07, 6.45) is 5.61. The standard InChI is InChI=1S/C15H21N/c1-11-2-4-12(5-3-11)15-9-6-13(15)10-16-14-7-8-14/h2-5,13-16H,6-10H2,1H3. The zero-order valence-corrected chi connectivity index (χ0v) is 10.1. The van der Waals surface area contributed by atoms with Gasteiger partial charge < -0.3 is 5.32 Å². The first-order valence-corrected chi connectivity index (χ1v) is 6.63. The lowest BCUT2D eigenvalue weighted by Gasteiger charge is -2.37. The second-order valence-electron chi connectivity index (χ2n) is 5.54. The van der Waals surface area contributed by atoms with Gasteiger partial charge in [0, 0.05) is 6.04 Å². The summed E-state index contributed by atoms with van der Waals surface area (Å²) in [5.74, 6) is 1.72. The maximum Gasteiger partial charge on any atom is 0.00683 e. The molecule has 2 unspecified atom stereocenters. The number of hydrogen-bond donors (Lipinski definition) is 1. The van der Waals surface area contributed by atoms with E-state index >= 15 is 0 Å². The van der Waals surface area contributed by atoms with E-state index < -0.39 is 0 Å². The van der Waals surface area contributed by atoms with E-state index in [1.54, 1.807) is 5.56 Å². The molecule has 86 valence electrons. The first-order valence-electron chi connectivity index (χ1n) is 6.63. The second kappa shape index (κ2) is 4.21. The average Bonchev–Trinajstić information content (AvgIpc) is 3.04. The molecule has 1 heteroatoms. The van der Waals surface area contributed by atoms with Crippen molar-refractivity contribution < 1.29 is 0 Å². The Morgan fingerprint density at radius 2 is 1.81 bits per heavy atom. The summed E-state index contributed by atoms with van der Waals surface area (Å²) in [5, 5.41) is 3.67. The fourth-order valence-corrected chi connectivity index (χ4v) is 2.67. The summed E-state index contributed by atoms with van der Waals surface area (Å²) in [7, 11) is 0. The van der Waals surface area contributed by atoms with Gasteiger partial charge in [-0.25, -0.2) is 0 Å². The molecular weight excluding hydrogens is 194 g/mol. The Balaban J connectivity index is 1.59. The number of benzene rings is 1. The van der Waals surface area contributed by atoms with Crippen LogP contribution in [0.15, 0.2) is 24.3 Å². The summed E-state index contributed by atoms with van der Waals surface area (Å²) in [6.45, 7) is 3.40. The molecule has 0 aromatic heterocycles. The minimum atomic E-state index is 0.826. The maximum atomic E-state index is 3.67. The van der Waals surface area contributed by atoms with E-state index in [1.807, 2.05) is 0 Å². The summed E-state index contributed by atoms with van der Waals surface area (Å²) in [6, 6.07) is 10.0. The van der Waals surface area contributed by atoms with Crippen molar-refractivity contribution in [1.29, 1.82) is 0 Å². The SMILES string of the molecule is Cc1ccc(C2CCC2CNC2CC2)cc1. The summed E-state index contributed by atoms with van der Waals surface area (Å²) in [5.41, 5.74) is 2.93. The smallest absolute Gasteiger partial charge is 0.00683 e. The van der Waals surface area contributed by atoms with Crippen LogP contribution in [0.1, 0.15) is 42.7 Å². The fraction of sp³-hybridized carbons (Fsp3) is 0.600. The van der Waals surface area contributed by atoms with Crippen LogP contribution in [0.25, 0.3) is 0 Å². The summed E-state index contributed by atoms with van der Waals surface area (Å²) >= 11 is 0. The van der Waals surface area contributed by atoms with E-state index in [1.165, 1.54) is 37.8 Å². The largest absolute Gasteiger partial charge is 0.314 e. The fourth-order valence-electron chi connectivity index (χ4n) is 2.67. The molecule has 0 aliphatic heterocycles. The van der Waals surface area contributed by atoms with Gasteiger partial charge in [0.2, 0.25) is 0 Å². The van der Waals surface area contributed by atoms with Crippen molar-refractivity contribution in [2.75, 3.05) is 6.54 Å². The molecular formula is C15H21N. The van der Waals surface area contributed by atoms with Crippen molar-refractivity contribution >= 4 is 0 Å². The van der Waals surface area contributed by atoms with Crippen LogP contribution < -0.4 is 5.32 Å². The van der Waals surface area contributed by atoms with Gasteiger partial charge in [0.05, 0.1) is 0 Å². The number of nitrogens with one attached hydrogen (secondary N) is 1. The second-order valence-corrected chi connectivity index (χ2v) is 5.54. The third kappa shape index (κ3) is 2.15. The lowest BCUT2D eigenvalue weighted by atomic mass is 9.70. The Morgan fingerprint density at radius 3 is 2.38 bits per heavy atom. The number of aryl methyl sites for hydroxylation is 1. The predicted octanol–water partition coefficient (Wildman–Crippen LogP) is 3.24.